The lowest BCUT2D eigenvalue weighted by Crippen LogP contribution is -2.28. The predicted molar refractivity (Wildman–Crippen MR) is 128 cm³/mol. The van der Waals surface area contributed by atoms with Gasteiger partial charge in [-0.15, -0.1) is 0 Å². The predicted octanol–water partition coefficient (Wildman–Crippen LogP) is 4.99. The van der Waals surface area contributed by atoms with Crippen molar-refractivity contribution in [3.05, 3.63) is 77.6 Å². The standard InChI is InChI=1S/C25H26N4O2S/c1-16-14-23(32-15-22(30)27-17(2)19-10-6-5-7-11-19)29-25(26-16)24(18(3)28-29)20-12-8-9-13-21(20)31-4/h5-14,17H,15H2,1-4H3,(H,27,30)/t17-/m0/s1. The molecule has 1 amide bonds. The van der Waals surface area contributed by atoms with Crippen LogP contribution in [0.1, 0.15) is 29.9 Å². The molecule has 0 fully saturated rings. The van der Waals surface area contributed by atoms with Crippen LogP contribution in [-0.2, 0) is 4.79 Å². The van der Waals surface area contributed by atoms with E-state index in [1.165, 1.54) is 11.8 Å². The number of amides is 1. The molecule has 2 heterocycles. The third-order valence-corrected chi connectivity index (χ3v) is 6.26. The molecule has 0 aliphatic carbocycles. The lowest BCUT2D eigenvalue weighted by atomic mass is 10.1. The monoisotopic (exact) mass is 446 g/mol. The van der Waals surface area contributed by atoms with Crippen LogP contribution in [0.25, 0.3) is 16.8 Å². The van der Waals surface area contributed by atoms with Gasteiger partial charge >= 0.3 is 0 Å². The number of nitrogens with one attached hydrogen (secondary N) is 1. The van der Waals surface area contributed by atoms with Crippen molar-refractivity contribution in [2.24, 2.45) is 0 Å². The summed E-state index contributed by atoms with van der Waals surface area (Å²) in [6.45, 7) is 5.91. The number of aromatic nitrogens is 3. The third-order valence-electron chi connectivity index (χ3n) is 5.26. The fraction of sp³-hybridized carbons (Fsp3) is 0.240. The fourth-order valence-electron chi connectivity index (χ4n) is 3.73. The average Bonchev–Trinajstić information content (AvgIpc) is 3.13. The number of aryl methyl sites for hydroxylation is 2. The molecule has 0 bridgehead atoms. The molecule has 0 saturated heterocycles. The summed E-state index contributed by atoms with van der Waals surface area (Å²) in [6.07, 6.45) is 0. The van der Waals surface area contributed by atoms with E-state index in [1.807, 2.05) is 86.0 Å². The van der Waals surface area contributed by atoms with Crippen molar-refractivity contribution >= 4 is 23.3 Å². The van der Waals surface area contributed by atoms with Crippen LogP contribution < -0.4 is 10.1 Å². The van der Waals surface area contributed by atoms with Crippen LogP contribution in [0.15, 0.2) is 65.7 Å². The summed E-state index contributed by atoms with van der Waals surface area (Å²) >= 11 is 1.45. The minimum absolute atomic E-state index is 0.0252. The molecular weight excluding hydrogens is 420 g/mol. The van der Waals surface area contributed by atoms with Crippen LogP contribution in [0.4, 0.5) is 0 Å². The second-order valence-electron chi connectivity index (χ2n) is 7.62. The molecule has 0 saturated carbocycles. The minimum Gasteiger partial charge on any atom is -0.496 e. The number of methoxy groups -OCH3 is 1. The normalized spacial score (nSPS) is 12.0. The summed E-state index contributed by atoms with van der Waals surface area (Å²) in [7, 11) is 1.66. The Morgan fingerprint density at radius 3 is 2.59 bits per heavy atom. The number of para-hydroxylation sites is 1. The number of hydrogen-bond acceptors (Lipinski definition) is 5. The van der Waals surface area contributed by atoms with Crippen molar-refractivity contribution in [1.82, 2.24) is 19.9 Å². The molecule has 0 spiro atoms. The molecule has 32 heavy (non-hydrogen) atoms. The summed E-state index contributed by atoms with van der Waals surface area (Å²) in [6, 6.07) is 19.7. The molecule has 0 aliphatic rings. The van der Waals surface area contributed by atoms with Crippen molar-refractivity contribution in [3.63, 3.8) is 0 Å². The smallest absolute Gasteiger partial charge is 0.230 e. The molecular formula is C25H26N4O2S. The van der Waals surface area contributed by atoms with Gasteiger partial charge in [0.15, 0.2) is 5.65 Å². The van der Waals surface area contributed by atoms with Gasteiger partial charge in [0, 0.05) is 11.3 Å². The first-order valence-corrected chi connectivity index (χ1v) is 11.4. The highest BCUT2D eigenvalue weighted by Crippen LogP contribution is 2.35. The number of ether oxygens (including phenoxy) is 1. The van der Waals surface area contributed by atoms with E-state index >= 15 is 0 Å². The Balaban J connectivity index is 1.59. The van der Waals surface area contributed by atoms with Gasteiger partial charge in [-0.3, -0.25) is 4.79 Å². The zero-order chi connectivity index (χ0) is 22.7. The number of thioether (sulfide) groups is 1. The van der Waals surface area contributed by atoms with E-state index in [9.17, 15) is 4.79 Å². The molecule has 6 nitrogen and oxygen atoms in total. The Morgan fingerprint density at radius 1 is 1.12 bits per heavy atom. The molecule has 7 heteroatoms. The topological polar surface area (TPSA) is 68.5 Å². The van der Waals surface area contributed by atoms with Crippen LogP contribution in [0.2, 0.25) is 0 Å². The molecule has 1 atom stereocenters. The van der Waals surface area contributed by atoms with Gasteiger partial charge in [-0.2, -0.15) is 5.10 Å². The van der Waals surface area contributed by atoms with Crippen LogP contribution in [0.3, 0.4) is 0 Å². The minimum atomic E-state index is -0.0485. The molecule has 2 aromatic heterocycles. The van der Waals surface area contributed by atoms with Crippen molar-refractivity contribution in [3.8, 4) is 16.9 Å². The van der Waals surface area contributed by atoms with Crippen molar-refractivity contribution < 1.29 is 9.53 Å². The molecule has 164 valence electrons. The molecule has 0 unspecified atom stereocenters. The van der Waals surface area contributed by atoms with Crippen LogP contribution >= 0.6 is 11.8 Å². The van der Waals surface area contributed by atoms with E-state index in [1.54, 1.807) is 7.11 Å². The van der Waals surface area contributed by atoms with Gasteiger partial charge in [0.25, 0.3) is 0 Å². The number of carbonyl (C=O) groups excluding carboxylic acids is 1. The summed E-state index contributed by atoms with van der Waals surface area (Å²) < 4.78 is 7.39. The zero-order valence-electron chi connectivity index (χ0n) is 18.6. The second kappa shape index (κ2) is 9.44. The lowest BCUT2D eigenvalue weighted by molar-refractivity contribution is -0.119. The van der Waals surface area contributed by atoms with Crippen LogP contribution in [0.5, 0.6) is 5.75 Å². The van der Waals surface area contributed by atoms with Crippen molar-refractivity contribution in [2.75, 3.05) is 12.9 Å². The van der Waals surface area contributed by atoms with Gasteiger partial charge in [0.2, 0.25) is 5.91 Å². The highest BCUT2D eigenvalue weighted by Gasteiger charge is 2.19. The molecule has 0 radical (unpaired) electrons. The Hall–Kier alpha value is -3.32. The number of hydrogen-bond donors (Lipinski definition) is 1. The number of fused-ring (bicyclic) bond motifs is 1. The number of rotatable bonds is 7. The van der Waals surface area contributed by atoms with E-state index in [0.717, 1.165) is 44.5 Å². The highest BCUT2D eigenvalue weighted by atomic mass is 32.2. The Morgan fingerprint density at radius 2 is 1.84 bits per heavy atom. The summed E-state index contributed by atoms with van der Waals surface area (Å²) in [5, 5.41) is 8.68. The Labute approximate surface area is 192 Å². The van der Waals surface area contributed by atoms with E-state index in [4.69, 9.17) is 14.8 Å². The van der Waals surface area contributed by atoms with E-state index in [0.29, 0.717) is 5.75 Å². The molecule has 4 rings (SSSR count). The Kier molecular flexibility index (Phi) is 6.46. The first kappa shape index (κ1) is 21.9. The van der Waals surface area contributed by atoms with Crippen molar-refractivity contribution in [1.29, 1.82) is 0 Å². The maximum atomic E-state index is 12.6. The summed E-state index contributed by atoms with van der Waals surface area (Å²) in [5.74, 6) is 1.04. The quantitative estimate of drug-likeness (QED) is 0.320. The van der Waals surface area contributed by atoms with Gasteiger partial charge in [-0.1, -0.05) is 60.3 Å². The average molecular weight is 447 g/mol. The van der Waals surface area contributed by atoms with E-state index in [2.05, 4.69) is 5.32 Å². The third kappa shape index (κ3) is 4.48. The molecule has 4 aromatic rings. The second-order valence-corrected chi connectivity index (χ2v) is 8.62. The van der Waals surface area contributed by atoms with Crippen molar-refractivity contribution in [2.45, 2.75) is 31.8 Å². The lowest BCUT2D eigenvalue weighted by Gasteiger charge is -2.14. The van der Waals surface area contributed by atoms with Gasteiger partial charge in [-0.05, 0) is 38.5 Å². The highest BCUT2D eigenvalue weighted by molar-refractivity contribution is 7.99. The van der Waals surface area contributed by atoms with Crippen LogP contribution in [-0.4, -0.2) is 33.4 Å². The fourth-order valence-corrected chi connectivity index (χ4v) is 4.59. The van der Waals surface area contributed by atoms with Gasteiger partial charge in [0.1, 0.15) is 10.8 Å². The maximum Gasteiger partial charge on any atom is 0.230 e. The van der Waals surface area contributed by atoms with Gasteiger partial charge in [-0.25, -0.2) is 9.50 Å². The zero-order valence-corrected chi connectivity index (χ0v) is 19.4. The van der Waals surface area contributed by atoms with E-state index in [-0.39, 0.29) is 11.9 Å². The maximum absolute atomic E-state index is 12.6. The summed E-state index contributed by atoms with van der Waals surface area (Å²) in [4.78, 5) is 17.4. The van der Waals surface area contributed by atoms with Crippen LogP contribution in [0, 0.1) is 13.8 Å². The Bertz CT molecular complexity index is 1250. The molecule has 0 aliphatic heterocycles. The largest absolute Gasteiger partial charge is 0.496 e. The molecule has 2 aromatic carbocycles. The molecule has 1 N–H and O–H groups in total. The van der Waals surface area contributed by atoms with E-state index < -0.39 is 0 Å². The van der Waals surface area contributed by atoms with Gasteiger partial charge < -0.3 is 10.1 Å². The first-order valence-electron chi connectivity index (χ1n) is 10.5. The summed E-state index contributed by atoms with van der Waals surface area (Å²) in [5.41, 5.74) is 5.46. The number of benzene rings is 2. The number of carbonyl (C=O) groups is 1. The SMILES string of the molecule is COc1ccccc1-c1c(C)nn2c(SCC(=O)N[C@@H](C)c3ccccc3)cc(C)nc12. The first-order chi connectivity index (χ1) is 15.5. The van der Waals surface area contributed by atoms with Gasteiger partial charge in [0.05, 0.1) is 30.2 Å². The number of nitrogens with zero attached hydrogens (tertiary/aromatic N) is 3.